The number of amides is 9. The molecule has 27 nitrogen and oxygen atoms in total. The van der Waals surface area contributed by atoms with Crippen LogP contribution in [0, 0.1) is 5.92 Å². The van der Waals surface area contributed by atoms with Crippen LogP contribution >= 0.6 is 0 Å². The van der Waals surface area contributed by atoms with Gasteiger partial charge >= 0.3 is 5.97 Å². The van der Waals surface area contributed by atoms with E-state index in [-0.39, 0.29) is 63.3 Å². The number of carbonyl (C=O) groups is 10. The number of rotatable bonds is 29. The Morgan fingerprint density at radius 3 is 1.95 bits per heavy atom. The molecule has 406 valence electrons. The molecule has 3 aromatic rings. The zero-order valence-electron chi connectivity index (χ0n) is 41.6. The van der Waals surface area contributed by atoms with E-state index in [1.807, 2.05) is 0 Å². The average molecular weight is 1050 g/mol. The summed E-state index contributed by atoms with van der Waals surface area (Å²) in [5.41, 5.74) is 17.9. The zero-order valence-corrected chi connectivity index (χ0v) is 41.6. The minimum atomic E-state index is -1.37. The number of H-pyrrole nitrogens is 1. The Morgan fingerprint density at radius 1 is 0.720 bits per heavy atom. The molecule has 4 rings (SSSR count). The summed E-state index contributed by atoms with van der Waals surface area (Å²) in [6, 6.07) is 7.10. The quantitative estimate of drug-likeness (QED) is 0.0178. The Balaban J connectivity index is 1.49. The van der Waals surface area contributed by atoms with E-state index in [9.17, 15) is 53.1 Å². The van der Waals surface area contributed by atoms with Crippen molar-refractivity contribution in [2.45, 2.75) is 95.0 Å². The molecule has 0 bridgehead atoms. The largest absolute Gasteiger partial charge is 0.508 e. The van der Waals surface area contributed by atoms with Crippen LogP contribution in [-0.2, 0) is 67.2 Å². The lowest BCUT2D eigenvalue weighted by Crippen LogP contribution is -2.59. The summed E-state index contributed by atoms with van der Waals surface area (Å²) in [6.45, 7) is 1.19. The first-order valence-electron chi connectivity index (χ1n) is 24.1. The number of guanidine groups is 1. The minimum absolute atomic E-state index is 0.00498. The van der Waals surface area contributed by atoms with Gasteiger partial charge in [0.1, 0.15) is 48.5 Å². The number of nitrogens with one attached hydrogen (secondary N) is 9. The lowest BCUT2D eigenvalue weighted by Gasteiger charge is -2.30. The number of aromatic amines is 1. The number of benzene rings is 2. The molecule has 27 heteroatoms. The second-order valence-electron chi connectivity index (χ2n) is 17.9. The fraction of sp³-hybridized carbons (Fsp3) is 0.458. The summed E-state index contributed by atoms with van der Waals surface area (Å²) in [6.07, 6.45) is 3.46. The van der Waals surface area contributed by atoms with Crippen LogP contribution in [0.3, 0.4) is 0 Å². The molecule has 0 unspecified atom stereocenters. The van der Waals surface area contributed by atoms with E-state index in [0.29, 0.717) is 23.2 Å². The van der Waals surface area contributed by atoms with Crippen LogP contribution < -0.4 is 59.7 Å². The Morgan fingerprint density at radius 2 is 1.35 bits per heavy atom. The third-order valence-corrected chi connectivity index (χ3v) is 11.7. The van der Waals surface area contributed by atoms with E-state index in [2.05, 4.69) is 57.5 Å². The molecule has 9 amide bonds. The molecule has 2 aromatic carbocycles. The molecule has 1 aromatic heterocycles. The predicted molar refractivity (Wildman–Crippen MR) is 269 cm³/mol. The number of carboxylic acid groups (broad SMARTS) is 1. The smallest absolute Gasteiger partial charge is 0.322 e. The number of carbonyl (C=O) groups excluding carboxylic acids is 9. The summed E-state index contributed by atoms with van der Waals surface area (Å²) in [5, 5.41) is 39.0. The van der Waals surface area contributed by atoms with Crippen molar-refractivity contribution in [1.82, 2.24) is 57.4 Å². The highest BCUT2D eigenvalue weighted by Crippen LogP contribution is 2.21. The van der Waals surface area contributed by atoms with E-state index >= 15 is 0 Å². The van der Waals surface area contributed by atoms with Gasteiger partial charge in [-0.2, -0.15) is 0 Å². The Bertz CT molecular complexity index is 2470. The van der Waals surface area contributed by atoms with Gasteiger partial charge in [-0.25, -0.2) is 4.98 Å². The first kappa shape index (κ1) is 58.9. The van der Waals surface area contributed by atoms with Crippen LogP contribution in [0.25, 0.3) is 0 Å². The van der Waals surface area contributed by atoms with Crippen molar-refractivity contribution in [2.24, 2.45) is 28.1 Å². The van der Waals surface area contributed by atoms with E-state index in [1.165, 1.54) is 41.7 Å². The monoisotopic (exact) mass is 1050 g/mol. The van der Waals surface area contributed by atoms with Gasteiger partial charge in [-0.3, -0.25) is 52.9 Å². The highest BCUT2D eigenvalue weighted by molar-refractivity contribution is 5.98. The third-order valence-electron chi connectivity index (χ3n) is 11.7. The second kappa shape index (κ2) is 29.8. The van der Waals surface area contributed by atoms with Crippen LogP contribution in [0.2, 0.25) is 0 Å². The normalized spacial score (nSPS) is 14.9. The highest BCUT2D eigenvalue weighted by atomic mass is 16.4. The fourth-order valence-corrected chi connectivity index (χ4v) is 7.86. The maximum atomic E-state index is 14.4. The molecule has 1 aliphatic rings. The van der Waals surface area contributed by atoms with Crippen LogP contribution in [0.1, 0.15) is 56.4 Å². The second-order valence-corrected chi connectivity index (χ2v) is 17.9. The molecule has 1 fully saturated rings. The molecular formula is C48H67N15O12. The Kier molecular flexibility index (Phi) is 23.4. The van der Waals surface area contributed by atoms with Gasteiger partial charge in [0.15, 0.2) is 5.96 Å². The maximum Gasteiger partial charge on any atom is 0.322 e. The van der Waals surface area contributed by atoms with Crippen molar-refractivity contribution in [3.05, 3.63) is 83.9 Å². The molecule has 2 heterocycles. The number of aromatic hydroxyl groups is 1. The molecule has 0 radical (unpaired) electrons. The number of aromatic nitrogens is 2. The van der Waals surface area contributed by atoms with E-state index in [0.717, 1.165) is 0 Å². The molecule has 0 spiro atoms. The van der Waals surface area contributed by atoms with E-state index < -0.39 is 127 Å². The lowest BCUT2D eigenvalue weighted by atomic mass is 10.00. The predicted octanol–water partition coefficient (Wildman–Crippen LogP) is -4.34. The van der Waals surface area contributed by atoms with E-state index in [4.69, 9.17) is 22.3 Å². The number of imidazole rings is 1. The number of carboxylic acids is 1. The molecule has 75 heavy (non-hydrogen) atoms. The van der Waals surface area contributed by atoms with Gasteiger partial charge in [-0.15, -0.1) is 0 Å². The fourth-order valence-electron chi connectivity index (χ4n) is 7.86. The molecule has 0 aliphatic carbocycles. The van der Waals surface area contributed by atoms with E-state index in [1.54, 1.807) is 44.2 Å². The SMILES string of the molecule is CC(C)[C@@H](NC(=O)[C@@H](CCCN=C(N)N)NC(=O)CN)C(=O)N[C@H](Cc1ccc(O)cc1)C(=O)NCC(=O)N[C@H](Cc1cnc[nH]1)C(=O)N1CCC[C@@H]1C(=O)N[C@H](Cc1ccccc1)C(=O)NCC(=O)NCC(=O)O. The topological polar surface area (TPSA) is 430 Å². The molecular weight excluding hydrogens is 979 g/mol. The number of hydrogen-bond acceptors (Lipinski definition) is 14. The van der Waals surface area contributed by atoms with Crippen molar-refractivity contribution in [3.63, 3.8) is 0 Å². The Hall–Kier alpha value is -8.62. The number of nitrogens with zero attached hydrogens (tertiary/aromatic N) is 3. The standard InChI is InChI=1S/C48H67N15O12/c1-27(2)41(62-44(72)32(58-37(65)21-49)10-6-16-53-48(50)51)46(74)61-34(19-29-12-14-31(64)15-13-29)43(71)56-24-39(67)59-35(20-30-22-52-26-57-30)47(75)63-17-7-11-36(63)45(73)60-33(18-28-8-4-3-5-9-28)42(70)55-23-38(66)54-25-40(68)69/h3-5,8-9,12-15,22,26-27,32-36,41,64H,6-7,10-11,16-21,23-25,49H2,1-2H3,(H,52,57)(H,54,66)(H,55,70)(H,56,71)(H,58,65)(H,59,67)(H,60,73)(H,61,74)(H,62,72)(H,68,69)(H4,50,51,53)/t32-,33-,34-,35-,36-,41-/m1/s1. The number of phenolic OH excluding ortho intramolecular Hbond substituents is 1. The maximum absolute atomic E-state index is 14.4. The van der Waals surface area contributed by atoms with Crippen molar-refractivity contribution in [2.75, 3.05) is 39.3 Å². The van der Waals surface area contributed by atoms with Crippen molar-refractivity contribution in [1.29, 1.82) is 0 Å². The molecule has 1 aliphatic heterocycles. The number of aliphatic carboxylic acids is 1. The van der Waals surface area contributed by atoms with Gasteiger partial charge in [-0.05, 0) is 54.9 Å². The summed E-state index contributed by atoms with van der Waals surface area (Å²) in [4.78, 5) is 144. The van der Waals surface area contributed by atoms with Crippen LogP contribution in [-0.4, -0.2) is 166 Å². The van der Waals surface area contributed by atoms with Gasteiger partial charge in [0.25, 0.3) is 0 Å². The van der Waals surface area contributed by atoms with Gasteiger partial charge < -0.3 is 79.8 Å². The molecule has 1 saturated heterocycles. The third kappa shape index (κ3) is 20.1. The highest BCUT2D eigenvalue weighted by Gasteiger charge is 2.39. The van der Waals surface area contributed by atoms with Gasteiger partial charge in [0.2, 0.25) is 53.2 Å². The van der Waals surface area contributed by atoms with Crippen molar-refractivity contribution >= 4 is 65.1 Å². The Labute approximate surface area is 431 Å². The zero-order chi connectivity index (χ0) is 55.0. The van der Waals surface area contributed by atoms with Crippen LogP contribution in [0.5, 0.6) is 5.75 Å². The molecule has 6 atom stereocenters. The lowest BCUT2D eigenvalue weighted by molar-refractivity contribution is -0.142. The summed E-state index contributed by atoms with van der Waals surface area (Å²) >= 11 is 0. The average Bonchev–Trinajstić information content (AvgIpc) is 4.10. The summed E-state index contributed by atoms with van der Waals surface area (Å²) in [5.74, 6) is -8.75. The van der Waals surface area contributed by atoms with Gasteiger partial charge in [0.05, 0.1) is 26.0 Å². The summed E-state index contributed by atoms with van der Waals surface area (Å²) < 4.78 is 0. The van der Waals surface area contributed by atoms with Crippen LogP contribution in [0.15, 0.2) is 72.1 Å². The van der Waals surface area contributed by atoms with Gasteiger partial charge in [0, 0.05) is 44.2 Å². The number of nitrogens with two attached hydrogens (primary N) is 3. The molecule has 0 saturated carbocycles. The first-order chi connectivity index (χ1) is 35.7. The number of phenols is 1. The number of likely N-dealkylation sites (tertiary alicyclic amines) is 1. The number of aliphatic imine (C=N–C) groups is 1. The molecule has 17 N–H and O–H groups in total. The van der Waals surface area contributed by atoms with Gasteiger partial charge in [-0.1, -0.05) is 56.3 Å². The summed E-state index contributed by atoms with van der Waals surface area (Å²) in [7, 11) is 0. The minimum Gasteiger partial charge on any atom is -0.508 e. The first-order valence-corrected chi connectivity index (χ1v) is 24.1. The number of hydrogen-bond donors (Lipinski definition) is 14. The van der Waals surface area contributed by atoms with Crippen LogP contribution in [0.4, 0.5) is 0 Å². The van der Waals surface area contributed by atoms with Crippen molar-refractivity contribution < 1.29 is 58.2 Å². The van der Waals surface area contributed by atoms with Crippen molar-refractivity contribution in [3.8, 4) is 5.75 Å².